The van der Waals surface area contributed by atoms with Crippen LogP contribution in [0.15, 0.2) is 34.7 Å². The molecule has 0 atom stereocenters. The standard InChI is InChI=1S/C15H12F2O.CHF3O3S/c1-2-4-9-7-8-11-10-5-3-6-12(16)14(10)18-15(11)13(9)17;2-1(3,4)8(5,6)7/h3,5-8H,2,4H2,1H3;(H,5,6,7). The summed E-state index contributed by atoms with van der Waals surface area (Å²) in [4.78, 5) is 0. The van der Waals surface area contributed by atoms with Crippen LogP contribution in [0.3, 0.4) is 0 Å². The number of alkyl halides is 3. The third-order valence-corrected chi connectivity index (χ3v) is 4.04. The summed E-state index contributed by atoms with van der Waals surface area (Å²) < 4.78 is 90.7. The molecular weight excluding hydrogens is 383 g/mol. The summed E-state index contributed by atoms with van der Waals surface area (Å²) in [7, 11) is -5.84. The van der Waals surface area contributed by atoms with Crippen molar-refractivity contribution in [2.24, 2.45) is 0 Å². The molecule has 0 aliphatic carbocycles. The number of benzene rings is 2. The lowest BCUT2D eigenvalue weighted by Crippen LogP contribution is -2.21. The molecule has 3 rings (SSSR count). The molecule has 142 valence electrons. The molecule has 0 saturated heterocycles. The maximum atomic E-state index is 14.2. The number of fused-ring (bicyclic) bond motifs is 3. The number of hydrogen-bond donors (Lipinski definition) is 1. The van der Waals surface area contributed by atoms with Crippen LogP contribution >= 0.6 is 0 Å². The predicted molar refractivity (Wildman–Crippen MR) is 85.2 cm³/mol. The lowest BCUT2D eigenvalue weighted by molar-refractivity contribution is -0.0510. The molecule has 1 aromatic heterocycles. The molecule has 0 aliphatic rings. The zero-order chi connectivity index (χ0) is 19.7. The summed E-state index contributed by atoms with van der Waals surface area (Å²) in [5.74, 6) is -0.829. The zero-order valence-corrected chi connectivity index (χ0v) is 14.1. The van der Waals surface area contributed by atoms with Gasteiger partial charge >= 0.3 is 15.6 Å². The Morgan fingerprint density at radius 3 is 2.15 bits per heavy atom. The number of hydrogen-bond acceptors (Lipinski definition) is 3. The molecule has 0 amide bonds. The molecule has 1 N–H and O–H groups in total. The third kappa shape index (κ3) is 3.96. The van der Waals surface area contributed by atoms with Crippen LogP contribution in [-0.4, -0.2) is 18.5 Å². The number of para-hydroxylation sites is 1. The predicted octanol–water partition coefficient (Wildman–Crippen LogP) is 5.21. The van der Waals surface area contributed by atoms with E-state index in [-0.39, 0.29) is 17.0 Å². The monoisotopic (exact) mass is 396 g/mol. The summed E-state index contributed by atoms with van der Waals surface area (Å²) in [5.41, 5.74) is -4.64. The summed E-state index contributed by atoms with van der Waals surface area (Å²) in [5, 5.41) is 1.24. The number of furan rings is 1. The Hall–Kier alpha value is -2.20. The van der Waals surface area contributed by atoms with Crippen LogP contribution in [0.2, 0.25) is 0 Å². The fourth-order valence-corrected chi connectivity index (χ4v) is 2.30. The Morgan fingerprint density at radius 1 is 1.04 bits per heavy atom. The second-order valence-corrected chi connectivity index (χ2v) is 6.72. The Bertz CT molecular complexity index is 1040. The van der Waals surface area contributed by atoms with Crippen molar-refractivity contribution in [2.45, 2.75) is 25.3 Å². The number of halogens is 5. The fourth-order valence-electron chi connectivity index (χ4n) is 2.30. The van der Waals surface area contributed by atoms with Crippen molar-refractivity contribution < 1.29 is 39.3 Å². The molecule has 0 aliphatic heterocycles. The number of aryl methyl sites for hydroxylation is 1. The van der Waals surface area contributed by atoms with Gasteiger partial charge in [-0.15, -0.1) is 0 Å². The Labute approximate surface area is 145 Å². The van der Waals surface area contributed by atoms with Gasteiger partial charge in [0.2, 0.25) is 0 Å². The highest BCUT2D eigenvalue weighted by atomic mass is 32.2. The van der Waals surface area contributed by atoms with Gasteiger partial charge < -0.3 is 4.42 Å². The van der Waals surface area contributed by atoms with Gasteiger partial charge in [0, 0.05) is 10.8 Å². The van der Waals surface area contributed by atoms with Gasteiger partial charge in [-0.2, -0.15) is 21.6 Å². The molecule has 2 aromatic carbocycles. The van der Waals surface area contributed by atoms with E-state index in [2.05, 4.69) is 0 Å². The van der Waals surface area contributed by atoms with Crippen molar-refractivity contribution in [3.05, 3.63) is 47.5 Å². The highest BCUT2D eigenvalue weighted by molar-refractivity contribution is 7.86. The van der Waals surface area contributed by atoms with E-state index in [9.17, 15) is 22.0 Å². The van der Waals surface area contributed by atoms with Crippen molar-refractivity contribution in [1.82, 2.24) is 0 Å². The van der Waals surface area contributed by atoms with Crippen LogP contribution in [0.25, 0.3) is 21.9 Å². The normalized spacial score (nSPS) is 12.3. The first-order chi connectivity index (χ1) is 12.0. The molecule has 4 nitrogen and oxygen atoms in total. The summed E-state index contributed by atoms with van der Waals surface area (Å²) in [6.45, 7) is 1.99. The van der Waals surface area contributed by atoms with E-state index in [1.54, 1.807) is 24.3 Å². The molecule has 0 radical (unpaired) electrons. The molecule has 1 heterocycles. The minimum atomic E-state index is -5.84. The van der Waals surface area contributed by atoms with Gasteiger partial charge in [0.1, 0.15) is 0 Å². The van der Waals surface area contributed by atoms with Gasteiger partial charge in [0.05, 0.1) is 0 Å². The Balaban J connectivity index is 0.000000260. The minimum Gasteiger partial charge on any atom is -0.450 e. The Kier molecular flexibility index (Phi) is 5.57. The van der Waals surface area contributed by atoms with Crippen molar-refractivity contribution in [3.8, 4) is 0 Å². The summed E-state index contributed by atoms with van der Waals surface area (Å²) >= 11 is 0. The second kappa shape index (κ2) is 7.20. The quantitative estimate of drug-likeness (QED) is 0.367. The molecule has 26 heavy (non-hydrogen) atoms. The smallest absolute Gasteiger partial charge is 0.450 e. The first kappa shape index (κ1) is 20.1. The van der Waals surface area contributed by atoms with Gasteiger partial charge in [-0.1, -0.05) is 31.5 Å². The van der Waals surface area contributed by atoms with Crippen LogP contribution in [0.1, 0.15) is 18.9 Å². The van der Waals surface area contributed by atoms with E-state index in [1.807, 2.05) is 6.92 Å². The lowest BCUT2D eigenvalue weighted by Gasteiger charge is -2.00. The van der Waals surface area contributed by atoms with E-state index in [0.717, 1.165) is 6.42 Å². The van der Waals surface area contributed by atoms with Gasteiger partial charge in [-0.3, -0.25) is 4.55 Å². The first-order valence-corrected chi connectivity index (χ1v) is 8.73. The zero-order valence-electron chi connectivity index (χ0n) is 13.3. The Morgan fingerprint density at radius 2 is 1.62 bits per heavy atom. The fraction of sp³-hybridized carbons (Fsp3) is 0.250. The van der Waals surface area contributed by atoms with Crippen molar-refractivity contribution in [2.75, 3.05) is 0 Å². The SMILES string of the molecule is CCCc1ccc2c(oc3c(F)cccc32)c1F.O=S(=O)(O)C(F)(F)F. The largest absolute Gasteiger partial charge is 0.522 e. The van der Waals surface area contributed by atoms with E-state index in [0.29, 0.717) is 22.8 Å². The van der Waals surface area contributed by atoms with Crippen molar-refractivity contribution >= 4 is 32.1 Å². The maximum Gasteiger partial charge on any atom is 0.522 e. The topological polar surface area (TPSA) is 67.5 Å². The van der Waals surface area contributed by atoms with Crippen LogP contribution in [0, 0.1) is 11.6 Å². The summed E-state index contributed by atoms with van der Waals surface area (Å²) in [6, 6.07) is 8.21. The number of rotatable bonds is 2. The van der Waals surface area contributed by atoms with Crippen LogP contribution in [-0.2, 0) is 16.5 Å². The van der Waals surface area contributed by atoms with Gasteiger partial charge in [0.25, 0.3) is 0 Å². The molecule has 0 spiro atoms. The van der Waals surface area contributed by atoms with Crippen molar-refractivity contribution in [3.63, 3.8) is 0 Å². The van der Waals surface area contributed by atoms with E-state index >= 15 is 0 Å². The maximum absolute atomic E-state index is 14.2. The van der Waals surface area contributed by atoms with Crippen LogP contribution in [0.5, 0.6) is 0 Å². The molecular formula is C16H13F5O4S. The third-order valence-electron chi connectivity index (χ3n) is 3.45. The van der Waals surface area contributed by atoms with E-state index < -0.39 is 21.4 Å². The van der Waals surface area contributed by atoms with Gasteiger partial charge in [0.15, 0.2) is 22.8 Å². The second-order valence-electron chi connectivity index (χ2n) is 5.30. The first-order valence-electron chi connectivity index (χ1n) is 7.29. The highest BCUT2D eigenvalue weighted by Gasteiger charge is 2.44. The molecule has 0 unspecified atom stereocenters. The average molecular weight is 396 g/mol. The summed E-state index contributed by atoms with van der Waals surface area (Å²) in [6.07, 6.45) is 1.51. The molecule has 0 bridgehead atoms. The molecule has 3 aromatic rings. The average Bonchev–Trinajstić information content (AvgIpc) is 2.90. The highest BCUT2D eigenvalue weighted by Crippen LogP contribution is 2.33. The molecule has 0 saturated carbocycles. The van der Waals surface area contributed by atoms with E-state index in [4.69, 9.17) is 17.4 Å². The minimum absolute atomic E-state index is 0.125. The van der Waals surface area contributed by atoms with Crippen LogP contribution < -0.4 is 0 Å². The molecule has 0 fully saturated rings. The van der Waals surface area contributed by atoms with Gasteiger partial charge in [-0.25, -0.2) is 8.78 Å². The lowest BCUT2D eigenvalue weighted by atomic mass is 10.1. The van der Waals surface area contributed by atoms with E-state index in [1.165, 1.54) is 6.07 Å². The van der Waals surface area contributed by atoms with Crippen LogP contribution in [0.4, 0.5) is 22.0 Å². The van der Waals surface area contributed by atoms with Gasteiger partial charge in [-0.05, 0) is 24.1 Å². The van der Waals surface area contributed by atoms with Crippen molar-refractivity contribution in [1.29, 1.82) is 0 Å². The molecule has 10 heteroatoms.